The molecule has 3 heteroatoms. The Morgan fingerprint density at radius 1 is 1.00 bits per heavy atom. The summed E-state index contributed by atoms with van der Waals surface area (Å²) in [6.07, 6.45) is 8.95. The third-order valence-corrected chi connectivity index (χ3v) is 1.20. The lowest BCUT2D eigenvalue weighted by Crippen LogP contribution is -1.93. The Morgan fingerprint density at radius 3 is 2.00 bits per heavy atom. The highest BCUT2D eigenvalue weighted by atomic mass is 15.0. The van der Waals surface area contributed by atoms with Crippen molar-refractivity contribution >= 4 is 5.65 Å². The van der Waals surface area contributed by atoms with E-state index in [-0.39, 0.29) is 0 Å². The number of hydrogen-bond acceptors (Lipinski definition) is 2. The van der Waals surface area contributed by atoms with Crippen molar-refractivity contribution in [1.29, 1.82) is 0 Å². The van der Waals surface area contributed by atoms with Crippen LogP contribution in [0.1, 0.15) is 41.5 Å². The smallest absolute Gasteiger partial charge is 0.155 e. The lowest BCUT2D eigenvalue weighted by Gasteiger charge is -2.05. The van der Waals surface area contributed by atoms with Crippen LogP contribution in [0.3, 0.4) is 0 Å². The highest BCUT2D eigenvalue weighted by Crippen LogP contribution is 2.08. The van der Waals surface area contributed by atoms with Gasteiger partial charge in [0, 0.05) is 24.8 Å². The van der Waals surface area contributed by atoms with E-state index in [0.29, 0.717) is 5.41 Å². The second-order valence-corrected chi connectivity index (χ2v) is 4.77. The highest BCUT2D eigenvalue weighted by molar-refractivity contribution is 5.33. The number of hydrogen-bond donors (Lipinski definition) is 0. The monoisotopic (exact) mass is 221 g/mol. The molecule has 0 aliphatic heterocycles. The quantitative estimate of drug-likeness (QED) is 0.677. The Labute approximate surface area is 98.6 Å². The number of nitrogens with zero attached hydrogens (tertiary/aromatic N) is 3. The molecule has 0 N–H and O–H groups in total. The van der Waals surface area contributed by atoms with E-state index in [0.717, 1.165) is 5.65 Å². The summed E-state index contributed by atoms with van der Waals surface area (Å²) < 4.78 is 1.91. The minimum atomic E-state index is 0.500. The Morgan fingerprint density at radius 2 is 1.50 bits per heavy atom. The molecule has 2 aromatic rings. The standard InChI is InChI=1S/C6H5N3.C5H12.C2H6/c1-3-9-4-2-8-6(9)5-7-1;1-5(2,3)4;1-2/h1-5H;1-4H3;1-2H3. The van der Waals surface area contributed by atoms with Crippen molar-refractivity contribution in [2.24, 2.45) is 5.41 Å². The lowest BCUT2D eigenvalue weighted by atomic mass is 10.0. The van der Waals surface area contributed by atoms with Crippen molar-refractivity contribution < 1.29 is 0 Å². The maximum absolute atomic E-state index is 4.02. The normalized spacial score (nSPS) is 9.88. The van der Waals surface area contributed by atoms with Gasteiger partial charge in [0.2, 0.25) is 0 Å². The molecule has 2 heterocycles. The zero-order valence-electron chi connectivity index (χ0n) is 11.2. The van der Waals surface area contributed by atoms with Crippen LogP contribution in [-0.2, 0) is 0 Å². The Balaban J connectivity index is 0.000000280. The van der Waals surface area contributed by atoms with E-state index in [4.69, 9.17) is 0 Å². The van der Waals surface area contributed by atoms with Gasteiger partial charge >= 0.3 is 0 Å². The Kier molecular flexibility index (Phi) is 6.38. The van der Waals surface area contributed by atoms with Crippen molar-refractivity contribution in [3.05, 3.63) is 31.0 Å². The van der Waals surface area contributed by atoms with Crippen molar-refractivity contribution in [2.45, 2.75) is 41.5 Å². The molecule has 0 aliphatic rings. The van der Waals surface area contributed by atoms with Gasteiger partial charge in [0.1, 0.15) is 0 Å². The summed E-state index contributed by atoms with van der Waals surface area (Å²) in [5.41, 5.74) is 1.39. The second-order valence-electron chi connectivity index (χ2n) is 4.77. The van der Waals surface area contributed by atoms with Gasteiger partial charge in [0.25, 0.3) is 0 Å². The number of imidazole rings is 1. The highest BCUT2D eigenvalue weighted by Gasteiger charge is 1.95. The average Bonchev–Trinajstić information content (AvgIpc) is 2.66. The molecule has 0 amide bonds. The Hall–Kier alpha value is -1.38. The van der Waals surface area contributed by atoms with Crippen LogP contribution in [0.5, 0.6) is 0 Å². The van der Waals surface area contributed by atoms with E-state index in [2.05, 4.69) is 37.7 Å². The van der Waals surface area contributed by atoms with Crippen LogP contribution in [-0.4, -0.2) is 14.4 Å². The topological polar surface area (TPSA) is 30.2 Å². The molecule has 0 saturated heterocycles. The van der Waals surface area contributed by atoms with E-state index >= 15 is 0 Å². The zero-order chi connectivity index (χ0) is 12.6. The van der Waals surface area contributed by atoms with E-state index in [1.165, 1.54) is 0 Å². The second kappa shape index (κ2) is 6.99. The molecule has 0 aromatic carbocycles. The molecule has 0 unspecified atom stereocenters. The minimum Gasteiger partial charge on any atom is -0.304 e. The molecule has 2 rings (SSSR count). The van der Waals surface area contributed by atoms with Crippen LogP contribution < -0.4 is 0 Å². The van der Waals surface area contributed by atoms with Gasteiger partial charge in [0.05, 0.1) is 6.20 Å². The number of fused-ring (bicyclic) bond motifs is 1. The lowest BCUT2D eigenvalue weighted by molar-refractivity contribution is 0.469. The Bertz CT molecular complexity index is 349. The fourth-order valence-corrected chi connectivity index (χ4v) is 0.771. The van der Waals surface area contributed by atoms with E-state index in [9.17, 15) is 0 Å². The minimum absolute atomic E-state index is 0.500. The summed E-state index contributed by atoms with van der Waals surface area (Å²) in [5.74, 6) is 0. The number of rotatable bonds is 0. The van der Waals surface area contributed by atoms with Gasteiger partial charge in [-0.3, -0.25) is 4.98 Å². The van der Waals surface area contributed by atoms with Gasteiger partial charge in [-0.05, 0) is 5.41 Å². The number of aromatic nitrogens is 3. The fourth-order valence-electron chi connectivity index (χ4n) is 0.771. The summed E-state index contributed by atoms with van der Waals surface area (Å²) in [7, 11) is 0. The van der Waals surface area contributed by atoms with Crippen molar-refractivity contribution in [2.75, 3.05) is 0 Å². The van der Waals surface area contributed by atoms with Crippen LogP contribution in [0, 0.1) is 5.41 Å². The molecule has 0 radical (unpaired) electrons. The summed E-state index contributed by atoms with van der Waals surface area (Å²) in [5, 5.41) is 0. The first-order valence-electron chi connectivity index (χ1n) is 5.69. The summed E-state index contributed by atoms with van der Waals surface area (Å²) >= 11 is 0. The first-order chi connectivity index (χ1) is 7.47. The molecule has 0 aliphatic carbocycles. The van der Waals surface area contributed by atoms with Gasteiger partial charge in [-0.25, -0.2) is 4.98 Å². The van der Waals surface area contributed by atoms with Gasteiger partial charge < -0.3 is 4.40 Å². The molecule has 0 saturated carbocycles. The molecule has 0 spiro atoms. The summed E-state index contributed by atoms with van der Waals surface area (Å²) in [4.78, 5) is 7.92. The van der Waals surface area contributed by atoms with E-state index in [1.54, 1.807) is 18.6 Å². The SMILES string of the molecule is CC.CC(C)(C)C.c1cn2ccnc2cn1. The average molecular weight is 221 g/mol. The molecule has 16 heavy (non-hydrogen) atoms. The van der Waals surface area contributed by atoms with Crippen molar-refractivity contribution in [1.82, 2.24) is 14.4 Å². The first-order valence-corrected chi connectivity index (χ1v) is 5.69. The maximum Gasteiger partial charge on any atom is 0.155 e. The molecule has 0 fully saturated rings. The zero-order valence-corrected chi connectivity index (χ0v) is 11.2. The first kappa shape index (κ1) is 14.6. The summed E-state index contributed by atoms with van der Waals surface area (Å²) in [6, 6.07) is 0. The largest absolute Gasteiger partial charge is 0.304 e. The molecule has 3 nitrogen and oxygen atoms in total. The predicted octanol–water partition coefficient (Wildman–Crippen LogP) is 3.81. The summed E-state index contributed by atoms with van der Waals surface area (Å²) in [6.45, 7) is 12.8. The molecule has 2 aromatic heterocycles. The van der Waals surface area contributed by atoms with E-state index in [1.807, 2.05) is 30.6 Å². The molecule has 90 valence electrons. The van der Waals surface area contributed by atoms with E-state index < -0.39 is 0 Å². The predicted molar refractivity (Wildman–Crippen MR) is 69.5 cm³/mol. The molecule has 0 atom stereocenters. The van der Waals surface area contributed by atoms with Crippen LogP contribution in [0.2, 0.25) is 0 Å². The van der Waals surface area contributed by atoms with Crippen LogP contribution in [0.4, 0.5) is 0 Å². The molecular formula is C13H23N3. The van der Waals surface area contributed by atoms with Gasteiger partial charge in [-0.2, -0.15) is 0 Å². The molecular weight excluding hydrogens is 198 g/mol. The van der Waals surface area contributed by atoms with Crippen molar-refractivity contribution in [3.63, 3.8) is 0 Å². The van der Waals surface area contributed by atoms with Crippen molar-refractivity contribution in [3.8, 4) is 0 Å². The van der Waals surface area contributed by atoms with Gasteiger partial charge in [-0.15, -0.1) is 0 Å². The third kappa shape index (κ3) is 6.98. The van der Waals surface area contributed by atoms with Crippen LogP contribution >= 0.6 is 0 Å². The van der Waals surface area contributed by atoms with Gasteiger partial charge in [0.15, 0.2) is 5.65 Å². The van der Waals surface area contributed by atoms with Gasteiger partial charge in [-0.1, -0.05) is 41.5 Å². The molecule has 0 bridgehead atoms. The third-order valence-electron chi connectivity index (χ3n) is 1.20. The fraction of sp³-hybridized carbons (Fsp3) is 0.538. The maximum atomic E-state index is 4.02. The van der Waals surface area contributed by atoms with Crippen LogP contribution in [0.15, 0.2) is 31.0 Å². The van der Waals surface area contributed by atoms with Crippen LogP contribution in [0.25, 0.3) is 5.65 Å².